The van der Waals surface area contributed by atoms with Crippen molar-refractivity contribution < 1.29 is 9.21 Å². The van der Waals surface area contributed by atoms with Crippen molar-refractivity contribution in [1.29, 1.82) is 0 Å². The lowest BCUT2D eigenvalue weighted by atomic mass is 10.2. The summed E-state index contributed by atoms with van der Waals surface area (Å²) in [5.74, 6) is 5.36. The summed E-state index contributed by atoms with van der Waals surface area (Å²) >= 11 is 0. The van der Waals surface area contributed by atoms with E-state index in [9.17, 15) is 4.79 Å². The standard InChI is InChI=1S/C9H8O2/c1-2-3-4-9(10)8-5-6-11-7-8/h5-7H,4H2,1H3. The molecule has 56 valence electrons. The number of hydrogen-bond acceptors (Lipinski definition) is 2. The first kappa shape index (κ1) is 7.62. The summed E-state index contributed by atoms with van der Waals surface area (Å²) in [6.07, 6.45) is 3.18. The molecule has 1 aromatic heterocycles. The van der Waals surface area contributed by atoms with Gasteiger partial charge in [0.2, 0.25) is 0 Å². The lowest BCUT2D eigenvalue weighted by molar-refractivity contribution is 0.0997. The van der Waals surface area contributed by atoms with Crippen LogP contribution in [0.3, 0.4) is 0 Å². The van der Waals surface area contributed by atoms with Gasteiger partial charge in [-0.3, -0.25) is 4.79 Å². The van der Waals surface area contributed by atoms with Crippen LogP contribution in [-0.2, 0) is 0 Å². The molecule has 1 rings (SSSR count). The zero-order valence-electron chi connectivity index (χ0n) is 6.26. The van der Waals surface area contributed by atoms with Crippen molar-refractivity contribution in [2.75, 3.05) is 0 Å². The van der Waals surface area contributed by atoms with E-state index in [0.717, 1.165) is 0 Å². The molecular formula is C9H8O2. The molecule has 11 heavy (non-hydrogen) atoms. The molecule has 0 N–H and O–H groups in total. The molecule has 0 atom stereocenters. The van der Waals surface area contributed by atoms with Crippen molar-refractivity contribution in [3.63, 3.8) is 0 Å². The summed E-state index contributed by atoms with van der Waals surface area (Å²) in [6.45, 7) is 1.71. The summed E-state index contributed by atoms with van der Waals surface area (Å²) in [7, 11) is 0. The summed E-state index contributed by atoms with van der Waals surface area (Å²) in [5, 5.41) is 0. The van der Waals surface area contributed by atoms with Crippen molar-refractivity contribution in [1.82, 2.24) is 0 Å². The van der Waals surface area contributed by atoms with Crippen LogP contribution in [0.4, 0.5) is 0 Å². The number of furan rings is 1. The number of carbonyl (C=O) groups is 1. The summed E-state index contributed by atoms with van der Waals surface area (Å²) in [5.41, 5.74) is 0.591. The van der Waals surface area contributed by atoms with Gasteiger partial charge in [-0.15, -0.1) is 5.92 Å². The largest absolute Gasteiger partial charge is 0.472 e. The van der Waals surface area contributed by atoms with Crippen molar-refractivity contribution in [3.05, 3.63) is 24.2 Å². The third-order valence-electron chi connectivity index (χ3n) is 1.27. The maximum Gasteiger partial charge on any atom is 0.177 e. The van der Waals surface area contributed by atoms with Crippen LogP contribution in [0.25, 0.3) is 0 Å². The quantitative estimate of drug-likeness (QED) is 0.473. The molecule has 0 saturated carbocycles. The maximum atomic E-state index is 11.1. The molecule has 0 aliphatic rings. The number of hydrogen-bond donors (Lipinski definition) is 0. The first-order chi connectivity index (χ1) is 5.34. The van der Waals surface area contributed by atoms with E-state index >= 15 is 0 Å². The van der Waals surface area contributed by atoms with Gasteiger partial charge in [-0.2, -0.15) is 0 Å². The zero-order valence-corrected chi connectivity index (χ0v) is 6.26. The second-order valence-electron chi connectivity index (χ2n) is 2.04. The normalized spacial score (nSPS) is 8.45. The molecule has 0 radical (unpaired) electrons. The molecule has 0 bridgehead atoms. The third kappa shape index (κ3) is 1.98. The minimum absolute atomic E-state index is 0.00750. The van der Waals surface area contributed by atoms with Crippen molar-refractivity contribution in [2.24, 2.45) is 0 Å². The Balaban J connectivity index is 2.61. The lowest BCUT2D eigenvalue weighted by Crippen LogP contribution is -1.93. The van der Waals surface area contributed by atoms with E-state index in [0.29, 0.717) is 5.56 Å². The molecule has 0 amide bonds. The van der Waals surface area contributed by atoms with E-state index in [1.165, 1.54) is 12.5 Å². The molecule has 2 nitrogen and oxygen atoms in total. The fourth-order valence-electron chi connectivity index (χ4n) is 0.694. The third-order valence-corrected chi connectivity index (χ3v) is 1.27. The first-order valence-electron chi connectivity index (χ1n) is 3.29. The summed E-state index contributed by atoms with van der Waals surface area (Å²) < 4.78 is 4.75. The second-order valence-corrected chi connectivity index (χ2v) is 2.04. The van der Waals surface area contributed by atoms with Gasteiger partial charge in [0.1, 0.15) is 6.26 Å². The summed E-state index contributed by atoms with van der Waals surface area (Å²) in [4.78, 5) is 11.1. The fourth-order valence-corrected chi connectivity index (χ4v) is 0.694. The molecule has 0 unspecified atom stereocenters. The minimum Gasteiger partial charge on any atom is -0.472 e. The highest BCUT2D eigenvalue weighted by Gasteiger charge is 2.03. The molecule has 1 aromatic rings. The van der Waals surface area contributed by atoms with E-state index in [2.05, 4.69) is 11.8 Å². The highest BCUT2D eigenvalue weighted by atomic mass is 16.3. The maximum absolute atomic E-state index is 11.1. The van der Waals surface area contributed by atoms with E-state index < -0.39 is 0 Å². The molecule has 0 fully saturated rings. The van der Waals surface area contributed by atoms with Gasteiger partial charge in [0.05, 0.1) is 18.2 Å². The van der Waals surface area contributed by atoms with Gasteiger partial charge < -0.3 is 4.42 Å². The van der Waals surface area contributed by atoms with Gasteiger partial charge in [-0.05, 0) is 13.0 Å². The van der Waals surface area contributed by atoms with Gasteiger partial charge >= 0.3 is 0 Å². The second kappa shape index (κ2) is 3.62. The highest BCUT2D eigenvalue weighted by Crippen LogP contribution is 2.02. The molecule has 0 aliphatic carbocycles. The number of carbonyl (C=O) groups excluding carboxylic acids is 1. The Bertz CT molecular complexity index is 285. The van der Waals surface area contributed by atoms with Crippen molar-refractivity contribution in [3.8, 4) is 11.8 Å². The Morgan fingerprint density at radius 1 is 1.73 bits per heavy atom. The smallest absolute Gasteiger partial charge is 0.177 e. The molecule has 0 aromatic carbocycles. The molecular weight excluding hydrogens is 140 g/mol. The Morgan fingerprint density at radius 3 is 3.09 bits per heavy atom. The van der Waals surface area contributed by atoms with Crippen LogP contribution in [0.1, 0.15) is 23.7 Å². The SMILES string of the molecule is CC#CCC(=O)c1ccoc1. The molecule has 1 heterocycles. The molecule has 0 aliphatic heterocycles. The zero-order chi connectivity index (χ0) is 8.10. The van der Waals surface area contributed by atoms with Gasteiger partial charge in [0.15, 0.2) is 5.78 Å². The van der Waals surface area contributed by atoms with Crippen LogP contribution in [0.15, 0.2) is 23.0 Å². The summed E-state index contributed by atoms with van der Waals surface area (Å²) in [6, 6.07) is 1.64. The first-order valence-corrected chi connectivity index (χ1v) is 3.29. The number of rotatable bonds is 2. The Labute approximate surface area is 65.2 Å². The molecule has 0 spiro atoms. The Kier molecular flexibility index (Phi) is 2.51. The van der Waals surface area contributed by atoms with Crippen molar-refractivity contribution in [2.45, 2.75) is 13.3 Å². The van der Waals surface area contributed by atoms with E-state index in [4.69, 9.17) is 4.42 Å². The predicted octanol–water partition coefficient (Wildman–Crippen LogP) is 1.88. The van der Waals surface area contributed by atoms with Gasteiger partial charge in [0.25, 0.3) is 0 Å². The van der Waals surface area contributed by atoms with Crippen LogP contribution >= 0.6 is 0 Å². The average Bonchev–Trinajstić information content (AvgIpc) is 2.52. The monoisotopic (exact) mass is 148 g/mol. The van der Waals surface area contributed by atoms with E-state index in [1.54, 1.807) is 13.0 Å². The Morgan fingerprint density at radius 2 is 2.55 bits per heavy atom. The number of Topliss-reactive ketones (excluding diaryl/α,β-unsaturated/α-hetero) is 1. The van der Waals surface area contributed by atoms with Gasteiger partial charge in [0, 0.05) is 0 Å². The predicted molar refractivity (Wildman–Crippen MR) is 41.1 cm³/mol. The highest BCUT2D eigenvalue weighted by molar-refractivity contribution is 5.97. The average molecular weight is 148 g/mol. The van der Waals surface area contributed by atoms with Crippen molar-refractivity contribution >= 4 is 5.78 Å². The van der Waals surface area contributed by atoms with Gasteiger partial charge in [-0.1, -0.05) is 5.92 Å². The molecule has 2 heteroatoms. The fraction of sp³-hybridized carbons (Fsp3) is 0.222. The minimum atomic E-state index is 0.00750. The topological polar surface area (TPSA) is 30.2 Å². The molecule has 0 saturated heterocycles. The van der Waals surface area contributed by atoms with Crippen LogP contribution in [0.5, 0.6) is 0 Å². The van der Waals surface area contributed by atoms with Crippen LogP contribution in [0, 0.1) is 11.8 Å². The van der Waals surface area contributed by atoms with E-state index in [1.807, 2.05) is 0 Å². The van der Waals surface area contributed by atoms with Crippen LogP contribution in [0.2, 0.25) is 0 Å². The van der Waals surface area contributed by atoms with Crippen LogP contribution < -0.4 is 0 Å². The number of ketones is 1. The van der Waals surface area contributed by atoms with E-state index in [-0.39, 0.29) is 12.2 Å². The van der Waals surface area contributed by atoms with Crippen LogP contribution in [-0.4, -0.2) is 5.78 Å². The lowest BCUT2D eigenvalue weighted by Gasteiger charge is -1.86. The van der Waals surface area contributed by atoms with Gasteiger partial charge in [-0.25, -0.2) is 0 Å². The Hall–Kier alpha value is -1.49.